The minimum atomic E-state index is 0.479. The molecule has 0 unspecified atom stereocenters. The van der Waals surface area contributed by atoms with E-state index in [-0.39, 0.29) is 0 Å². The summed E-state index contributed by atoms with van der Waals surface area (Å²) < 4.78 is 0. The number of nitrogens with zero attached hydrogens (tertiary/aromatic N) is 1. The molecule has 2 aromatic rings. The summed E-state index contributed by atoms with van der Waals surface area (Å²) in [6.45, 7) is 8.70. The Bertz CT molecular complexity index is 560. The van der Waals surface area contributed by atoms with Crippen LogP contribution in [0, 0.1) is 5.92 Å². The molecule has 0 aliphatic rings. The van der Waals surface area contributed by atoms with Gasteiger partial charge in [0.05, 0.1) is 0 Å². The van der Waals surface area contributed by atoms with Crippen LogP contribution < -0.4 is 0 Å². The lowest BCUT2D eigenvalue weighted by atomic mass is 10.0. The van der Waals surface area contributed by atoms with Crippen molar-refractivity contribution in [3.8, 4) is 11.1 Å². The van der Waals surface area contributed by atoms with Gasteiger partial charge in [-0.25, -0.2) is 0 Å². The van der Waals surface area contributed by atoms with Crippen molar-refractivity contribution in [2.75, 3.05) is 0 Å². The molecule has 1 nitrogen and oxygen atoms in total. The van der Waals surface area contributed by atoms with Crippen LogP contribution in [0.2, 0.25) is 0 Å². The SMILES string of the molecule is CC(C)/C=C/c1ccc(-c2ccc(C(C)C)nc2)cc1. The fourth-order valence-corrected chi connectivity index (χ4v) is 2.01. The molecule has 0 N–H and O–H groups in total. The van der Waals surface area contributed by atoms with E-state index in [4.69, 9.17) is 0 Å². The maximum atomic E-state index is 4.52. The molecule has 0 spiro atoms. The van der Waals surface area contributed by atoms with E-state index >= 15 is 0 Å². The quantitative estimate of drug-likeness (QED) is 0.707. The van der Waals surface area contributed by atoms with Gasteiger partial charge in [0.2, 0.25) is 0 Å². The number of aromatic nitrogens is 1. The van der Waals surface area contributed by atoms with Gasteiger partial charge < -0.3 is 0 Å². The van der Waals surface area contributed by atoms with Gasteiger partial charge in [0.25, 0.3) is 0 Å². The molecule has 0 fully saturated rings. The first-order valence-corrected chi connectivity index (χ1v) is 7.31. The second-order valence-corrected chi connectivity index (χ2v) is 5.85. The van der Waals surface area contributed by atoms with Crippen molar-refractivity contribution in [2.45, 2.75) is 33.6 Å². The first-order chi connectivity index (χ1) is 9.56. The highest BCUT2D eigenvalue weighted by molar-refractivity contribution is 5.65. The summed E-state index contributed by atoms with van der Waals surface area (Å²) >= 11 is 0. The van der Waals surface area contributed by atoms with Gasteiger partial charge in [-0.1, -0.05) is 70.2 Å². The predicted octanol–water partition coefficient (Wildman–Crippen LogP) is 5.54. The van der Waals surface area contributed by atoms with Gasteiger partial charge in [0.15, 0.2) is 0 Å². The number of hydrogen-bond donors (Lipinski definition) is 0. The van der Waals surface area contributed by atoms with Crippen LogP contribution in [0.15, 0.2) is 48.7 Å². The minimum Gasteiger partial charge on any atom is -0.260 e. The lowest BCUT2D eigenvalue weighted by molar-refractivity contribution is 0.823. The Kier molecular flexibility index (Phi) is 4.73. The van der Waals surface area contributed by atoms with Crippen LogP contribution >= 0.6 is 0 Å². The van der Waals surface area contributed by atoms with E-state index in [1.807, 2.05) is 6.20 Å². The van der Waals surface area contributed by atoms with Crippen molar-refractivity contribution in [1.29, 1.82) is 0 Å². The topological polar surface area (TPSA) is 12.9 Å². The molecular formula is C19H23N. The maximum absolute atomic E-state index is 4.52. The van der Waals surface area contributed by atoms with Gasteiger partial charge in [0, 0.05) is 17.5 Å². The Morgan fingerprint density at radius 1 is 0.850 bits per heavy atom. The number of allylic oxidation sites excluding steroid dienone is 1. The first-order valence-electron chi connectivity index (χ1n) is 7.31. The van der Waals surface area contributed by atoms with Crippen molar-refractivity contribution in [3.05, 3.63) is 59.9 Å². The number of benzene rings is 1. The lowest BCUT2D eigenvalue weighted by Gasteiger charge is -2.06. The van der Waals surface area contributed by atoms with Crippen LogP contribution in [0.25, 0.3) is 17.2 Å². The van der Waals surface area contributed by atoms with E-state index in [1.165, 1.54) is 16.7 Å². The molecule has 1 heterocycles. The van der Waals surface area contributed by atoms with E-state index in [9.17, 15) is 0 Å². The Labute approximate surface area is 122 Å². The van der Waals surface area contributed by atoms with Crippen molar-refractivity contribution in [1.82, 2.24) is 4.98 Å². The van der Waals surface area contributed by atoms with E-state index in [0.29, 0.717) is 11.8 Å². The Morgan fingerprint density at radius 2 is 1.50 bits per heavy atom. The highest BCUT2D eigenvalue weighted by Crippen LogP contribution is 2.21. The largest absolute Gasteiger partial charge is 0.260 e. The molecule has 2 rings (SSSR count). The van der Waals surface area contributed by atoms with Crippen molar-refractivity contribution >= 4 is 6.08 Å². The molecule has 0 aliphatic carbocycles. The van der Waals surface area contributed by atoms with Crippen LogP contribution in [0.4, 0.5) is 0 Å². The third kappa shape index (κ3) is 3.80. The highest BCUT2D eigenvalue weighted by Gasteiger charge is 2.02. The average Bonchev–Trinajstić information content (AvgIpc) is 2.46. The van der Waals surface area contributed by atoms with Gasteiger partial charge in [-0.2, -0.15) is 0 Å². The molecule has 1 aromatic carbocycles. The number of rotatable bonds is 4. The molecule has 0 atom stereocenters. The standard InChI is InChI=1S/C19H23N/c1-14(2)5-6-16-7-9-17(10-8-16)18-11-12-19(15(3)4)20-13-18/h5-15H,1-4H3/b6-5+. The second-order valence-electron chi connectivity index (χ2n) is 5.85. The summed E-state index contributed by atoms with van der Waals surface area (Å²) in [6, 6.07) is 12.9. The normalized spacial score (nSPS) is 11.7. The molecule has 104 valence electrons. The van der Waals surface area contributed by atoms with Gasteiger partial charge in [-0.15, -0.1) is 0 Å². The molecule has 0 amide bonds. The molecule has 0 saturated carbocycles. The van der Waals surface area contributed by atoms with Crippen LogP contribution in [0.5, 0.6) is 0 Å². The van der Waals surface area contributed by atoms with Gasteiger partial charge >= 0.3 is 0 Å². The van der Waals surface area contributed by atoms with E-state index < -0.39 is 0 Å². The smallest absolute Gasteiger partial charge is 0.0429 e. The molecule has 0 radical (unpaired) electrons. The van der Waals surface area contributed by atoms with Crippen molar-refractivity contribution < 1.29 is 0 Å². The van der Waals surface area contributed by atoms with Gasteiger partial charge in [0.1, 0.15) is 0 Å². The lowest BCUT2D eigenvalue weighted by Crippen LogP contribution is -1.91. The third-order valence-corrected chi connectivity index (χ3v) is 3.30. The maximum Gasteiger partial charge on any atom is 0.0429 e. The van der Waals surface area contributed by atoms with Crippen LogP contribution in [-0.2, 0) is 0 Å². The molecule has 1 aromatic heterocycles. The monoisotopic (exact) mass is 265 g/mol. The summed E-state index contributed by atoms with van der Waals surface area (Å²) in [5.74, 6) is 1.06. The van der Waals surface area contributed by atoms with E-state index in [0.717, 1.165) is 5.69 Å². The second kappa shape index (κ2) is 6.51. The van der Waals surface area contributed by atoms with Crippen molar-refractivity contribution in [2.24, 2.45) is 5.92 Å². The van der Waals surface area contributed by atoms with Crippen LogP contribution in [-0.4, -0.2) is 4.98 Å². The summed E-state index contributed by atoms with van der Waals surface area (Å²) in [7, 11) is 0. The molecule has 0 saturated heterocycles. The molecule has 20 heavy (non-hydrogen) atoms. The average molecular weight is 265 g/mol. The fourth-order valence-electron chi connectivity index (χ4n) is 2.01. The third-order valence-electron chi connectivity index (χ3n) is 3.30. The number of hydrogen-bond acceptors (Lipinski definition) is 1. The first kappa shape index (κ1) is 14.5. The summed E-state index contributed by atoms with van der Waals surface area (Å²) in [4.78, 5) is 4.52. The molecule has 1 heteroatoms. The zero-order chi connectivity index (χ0) is 14.5. The Morgan fingerprint density at radius 3 is 2.00 bits per heavy atom. The highest BCUT2D eigenvalue weighted by atomic mass is 14.7. The zero-order valence-corrected chi connectivity index (χ0v) is 12.8. The summed E-state index contributed by atoms with van der Waals surface area (Å²) in [5.41, 5.74) is 4.78. The molecular weight excluding hydrogens is 242 g/mol. The predicted molar refractivity (Wildman–Crippen MR) is 87.6 cm³/mol. The molecule has 0 aliphatic heterocycles. The Balaban J connectivity index is 2.17. The summed E-state index contributed by atoms with van der Waals surface area (Å²) in [6.07, 6.45) is 6.36. The fraction of sp³-hybridized carbons (Fsp3) is 0.316. The van der Waals surface area contributed by atoms with Crippen LogP contribution in [0.3, 0.4) is 0 Å². The van der Waals surface area contributed by atoms with Gasteiger partial charge in [-0.3, -0.25) is 4.98 Å². The minimum absolute atomic E-state index is 0.479. The zero-order valence-electron chi connectivity index (χ0n) is 12.8. The van der Waals surface area contributed by atoms with Gasteiger partial charge in [-0.05, 0) is 29.0 Å². The summed E-state index contributed by atoms with van der Waals surface area (Å²) in [5, 5.41) is 0. The van der Waals surface area contributed by atoms with E-state index in [2.05, 4.69) is 81.2 Å². The van der Waals surface area contributed by atoms with Crippen LogP contribution in [0.1, 0.15) is 44.9 Å². The number of pyridine rings is 1. The Hall–Kier alpha value is -1.89. The van der Waals surface area contributed by atoms with Crippen molar-refractivity contribution in [3.63, 3.8) is 0 Å². The molecule has 0 bridgehead atoms. The van der Waals surface area contributed by atoms with E-state index in [1.54, 1.807) is 0 Å².